The maximum absolute atomic E-state index is 12.7. The van der Waals surface area contributed by atoms with Crippen LogP contribution in [0.25, 0.3) is 11.4 Å². The number of urea groups is 1. The van der Waals surface area contributed by atoms with Gasteiger partial charge in [0.05, 0.1) is 10.6 Å². The van der Waals surface area contributed by atoms with Crippen LogP contribution < -0.4 is 10.6 Å². The number of nitrogens with zero attached hydrogens (tertiary/aromatic N) is 2. The second kappa shape index (κ2) is 7.71. The fraction of sp³-hybridized carbons (Fsp3) is 0.0625. The van der Waals surface area contributed by atoms with Crippen molar-refractivity contribution in [3.05, 3.63) is 57.5 Å². The summed E-state index contributed by atoms with van der Waals surface area (Å²) in [6.07, 6.45) is -3.86. The predicted molar refractivity (Wildman–Crippen MR) is 99.5 cm³/mol. The third-order valence-electron chi connectivity index (χ3n) is 3.24. The number of pyridine rings is 1. The normalized spacial score (nSPS) is 11.3. The van der Waals surface area contributed by atoms with Crippen LogP contribution in [0.1, 0.15) is 5.56 Å². The third kappa shape index (κ3) is 4.88. The van der Waals surface area contributed by atoms with Gasteiger partial charge in [0.15, 0.2) is 5.13 Å². The fourth-order valence-electron chi connectivity index (χ4n) is 2.01. The second-order valence-electron chi connectivity index (χ2n) is 5.18. The predicted octanol–water partition coefficient (Wildman–Crippen LogP) is 6.17. The minimum absolute atomic E-state index is 0.0899. The number of aromatic nitrogens is 2. The van der Waals surface area contributed by atoms with E-state index in [0.29, 0.717) is 16.9 Å². The summed E-state index contributed by atoms with van der Waals surface area (Å²) in [4.78, 5) is 19.8. The highest BCUT2D eigenvalue weighted by Gasteiger charge is 2.31. The van der Waals surface area contributed by atoms with Gasteiger partial charge in [-0.25, -0.2) is 9.78 Å². The van der Waals surface area contributed by atoms with Gasteiger partial charge in [-0.2, -0.15) is 13.2 Å². The van der Waals surface area contributed by atoms with Crippen LogP contribution in [-0.2, 0) is 6.18 Å². The smallest absolute Gasteiger partial charge is 0.308 e. The second-order valence-corrected chi connectivity index (χ2v) is 6.88. The molecule has 0 radical (unpaired) electrons. The van der Waals surface area contributed by atoms with Crippen molar-refractivity contribution in [2.24, 2.45) is 0 Å². The molecule has 0 aliphatic carbocycles. The largest absolute Gasteiger partial charge is 0.417 e. The Balaban J connectivity index is 1.71. The Morgan fingerprint density at radius 3 is 2.44 bits per heavy atom. The summed E-state index contributed by atoms with van der Waals surface area (Å²) in [6.45, 7) is 0. The van der Waals surface area contributed by atoms with Gasteiger partial charge in [-0.1, -0.05) is 23.2 Å². The monoisotopic (exact) mass is 432 g/mol. The SMILES string of the molecule is O=C(Nc1ccc(Cl)cc1)Nc1nc(-c2ncc(C(F)(F)F)cc2Cl)cs1. The van der Waals surface area contributed by atoms with Gasteiger partial charge in [0.1, 0.15) is 11.4 Å². The first-order valence-corrected chi connectivity index (χ1v) is 8.88. The number of thiazole rings is 1. The van der Waals surface area contributed by atoms with Crippen molar-refractivity contribution in [1.29, 1.82) is 0 Å². The molecule has 0 aliphatic heterocycles. The molecule has 5 nitrogen and oxygen atoms in total. The van der Waals surface area contributed by atoms with E-state index in [1.54, 1.807) is 24.3 Å². The molecular formula is C16H9Cl2F3N4OS. The zero-order valence-corrected chi connectivity index (χ0v) is 15.5. The van der Waals surface area contributed by atoms with E-state index in [4.69, 9.17) is 23.2 Å². The summed E-state index contributed by atoms with van der Waals surface area (Å²) in [5.74, 6) is 0. The molecule has 0 atom stereocenters. The lowest BCUT2D eigenvalue weighted by molar-refractivity contribution is -0.137. The summed E-state index contributed by atoms with van der Waals surface area (Å²) in [5, 5.41) is 7.22. The molecule has 3 aromatic rings. The zero-order chi connectivity index (χ0) is 19.6. The maximum Gasteiger partial charge on any atom is 0.417 e. The number of rotatable bonds is 3. The highest BCUT2D eigenvalue weighted by Crippen LogP contribution is 2.34. The Labute approximate surface area is 165 Å². The number of alkyl halides is 3. The van der Waals surface area contributed by atoms with Crippen molar-refractivity contribution in [2.45, 2.75) is 6.18 Å². The van der Waals surface area contributed by atoms with E-state index in [1.807, 2.05) is 0 Å². The average molecular weight is 433 g/mol. The first-order chi connectivity index (χ1) is 12.7. The minimum Gasteiger partial charge on any atom is -0.308 e. The molecule has 0 aliphatic rings. The molecule has 0 saturated carbocycles. The molecule has 0 bridgehead atoms. The molecule has 27 heavy (non-hydrogen) atoms. The molecule has 2 aromatic heterocycles. The molecule has 3 rings (SSSR count). The van der Waals surface area contributed by atoms with Crippen LogP contribution >= 0.6 is 34.5 Å². The maximum atomic E-state index is 12.7. The fourth-order valence-corrected chi connectivity index (χ4v) is 3.09. The van der Waals surface area contributed by atoms with Crippen LogP contribution in [0.2, 0.25) is 10.0 Å². The van der Waals surface area contributed by atoms with Crippen molar-refractivity contribution < 1.29 is 18.0 Å². The Morgan fingerprint density at radius 1 is 1.11 bits per heavy atom. The van der Waals surface area contributed by atoms with Gasteiger partial charge in [-0.15, -0.1) is 11.3 Å². The van der Waals surface area contributed by atoms with Gasteiger partial charge in [0.25, 0.3) is 0 Å². The highest BCUT2D eigenvalue weighted by atomic mass is 35.5. The molecule has 1 aromatic carbocycles. The number of benzene rings is 1. The van der Waals surface area contributed by atoms with Crippen LogP contribution in [-0.4, -0.2) is 16.0 Å². The number of hydrogen-bond acceptors (Lipinski definition) is 4. The summed E-state index contributed by atoms with van der Waals surface area (Å²) >= 11 is 12.7. The summed E-state index contributed by atoms with van der Waals surface area (Å²) in [7, 11) is 0. The van der Waals surface area contributed by atoms with Crippen LogP contribution in [0.15, 0.2) is 41.9 Å². The lowest BCUT2D eigenvalue weighted by Gasteiger charge is -2.08. The lowest BCUT2D eigenvalue weighted by atomic mass is 10.2. The van der Waals surface area contributed by atoms with Gasteiger partial charge in [-0.3, -0.25) is 10.3 Å². The number of hydrogen-bond donors (Lipinski definition) is 2. The lowest BCUT2D eigenvalue weighted by Crippen LogP contribution is -2.19. The van der Waals surface area contributed by atoms with Crippen molar-refractivity contribution in [3.63, 3.8) is 0 Å². The highest BCUT2D eigenvalue weighted by molar-refractivity contribution is 7.14. The Kier molecular flexibility index (Phi) is 5.54. The molecule has 0 spiro atoms. The van der Waals surface area contributed by atoms with Crippen molar-refractivity contribution >= 4 is 51.4 Å². The zero-order valence-electron chi connectivity index (χ0n) is 13.1. The van der Waals surface area contributed by atoms with E-state index in [2.05, 4.69) is 20.6 Å². The first kappa shape index (κ1) is 19.4. The first-order valence-electron chi connectivity index (χ1n) is 7.24. The molecule has 0 saturated heterocycles. The summed E-state index contributed by atoms with van der Waals surface area (Å²) in [6, 6.07) is 6.74. The van der Waals surface area contributed by atoms with Crippen LogP contribution in [0.5, 0.6) is 0 Å². The molecule has 2 amide bonds. The van der Waals surface area contributed by atoms with E-state index >= 15 is 0 Å². The van der Waals surface area contributed by atoms with E-state index in [1.165, 1.54) is 5.38 Å². The molecular weight excluding hydrogens is 424 g/mol. The van der Waals surface area contributed by atoms with Crippen LogP contribution in [0, 0.1) is 0 Å². The number of anilines is 2. The topological polar surface area (TPSA) is 66.9 Å². The Hall–Kier alpha value is -2.36. The average Bonchev–Trinajstić information content (AvgIpc) is 3.04. The van der Waals surface area contributed by atoms with E-state index < -0.39 is 17.8 Å². The standard InChI is InChI=1S/C16H9Cl2F3N4OS/c17-9-1-3-10(4-2-9)23-14(26)25-15-24-12(7-27-15)13-11(18)5-8(6-22-13)16(19,20)21/h1-7H,(H2,23,24,25,26). The third-order valence-corrected chi connectivity index (χ3v) is 4.54. The van der Waals surface area contributed by atoms with Crippen molar-refractivity contribution in [1.82, 2.24) is 9.97 Å². The number of carbonyl (C=O) groups excluding carboxylic acids is 1. The van der Waals surface area contributed by atoms with Crippen LogP contribution in [0.4, 0.5) is 28.8 Å². The minimum atomic E-state index is -4.54. The summed E-state index contributed by atoms with van der Waals surface area (Å²) < 4.78 is 38.0. The van der Waals surface area contributed by atoms with E-state index in [0.717, 1.165) is 17.4 Å². The molecule has 2 N–H and O–H groups in total. The van der Waals surface area contributed by atoms with Crippen molar-refractivity contribution in [3.8, 4) is 11.4 Å². The number of halogens is 5. The van der Waals surface area contributed by atoms with Gasteiger partial charge in [0.2, 0.25) is 0 Å². The number of nitrogens with one attached hydrogen (secondary N) is 2. The molecule has 140 valence electrons. The van der Waals surface area contributed by atoms with Gasteiger partial charge < -0.3 is 5.32 Å². The molecule has 0 fully saturated rings. The number of amides is 2. The van der Waals surface area contributed by atoms with Crippen LogP contribution in [0.3, 0.4) is 0 Å². The molecule has 2 heterocycles. The van der Waals surface area contributed by atoms with E-state index in [-0.39, 0.29) is 21.5 Å². The summed E-state index contributed by atoms with van der Waals surface area (Å²) in [5.41, 5.74) is -0.0825. The quantitative estimate of drug-likeness (QED) is 0.519. The number of carbonyl (C=O) groups is 1. The molecule has 11 heteroatoms. The van der Waals surface area contributed by atoms with Gasteiger partial charge in [0, 0.05) is 22.3 Å². The Morgan fingerprint density at radius 2 is 1.81 bits per heavy atom. The molecule has 0 unspecified atom stereocenters. The Bertz CT molecular complexity index is 977. The van der Waals surface area contributed by atoms with Crippen molar-refractivity contribution in [2.75, 3.05) is 10.6 Å². The van der Waals surface area contributed by atoms with E-state index in [9.17, 15) is 18.0 Å². The van der Waals surface area contributed by atoms with Gasteiger partial charge in [-0.05, 0) is 30.3 Å². The van der Waals surface area contributed by atoms with Gasteiger partial charge >= 0.3 is 12.2 Å².